The van der Waals surface area contributed by atoms with E-state index in [1.165, 1.54) is 11.3 Å². The number of ether oxygens (including phenoxy) is 1. The van der Waals surface area contributed by atoms with Gasteiger partial charge in [-0.25, -0.2) is 9.78 Å². The third kappa shape index (κ3) is 4.36. The molecule has 0 unspecified atom stereocenters. The number of thiazole rings is 1. The maximum Gasteiger partial charge on any atom is 0.418 e. The topological polar surface area (TPSA) is 71.5 Å². The summed E-state index contributed by atoms with van der Waals surface area (Å²) in [5, 5.41) is 4.84. The first-order chi connectivity index (χ1) is 11.8. The molecule has 0 bridgehead atoms. The van der Waals surface area contributed by atoms with Crippen LogP contribution in [-0.2, 0) is 11.2 Å². The SMILES string of the molecule is CC(C)(C)CC(=O)N1CCc2cc(OC(=O)Nc3nccs3)ccc21. The van der Waals surface area contributed by atoms with E-state index >= 15 is 0 Å². The van der Waals surface area contributed by atoms with Crippen LogP contribution in [0.4, 0.5) is 15.6 Å². The number of fused-ring (bicyclic) bond motifs is 1. The molecule has 0 fully saturated rings. The molecule has 0 saturated carbocycles. The van der Waals surface area contributed by atoms with Gasteiger partial charge in [-0.05, 0) is 35.6 Å². The van der Waals surface area contributed by atoms with E-state index in [9.17, 15) is 9.59 Å². The molecule has 3 rings (SSSR count). The van der Waals surface area contributed by atoms with Crippen molar-refractivity contribution in [3.05, 3.63) is 35.3 Å². The van der Waals surface area contributed by atoms with Crippen molar-refractivity contribution in [3.8, 4) is 5.75 Å². The minimum atomic E-state index is -0.575. The first-order valence-corrected chi connectivity index (χ1v) is 9.01. The Morgan fingerprint density at radius 3 is 2.84 bits per heavy atom. The Labute approximate surface area is 150 Å². The Hall–Kier alpha value is -2.41. The Kier molecular flexibility index (Phi) is 4.76. The number of nitrogens with one attached hydrogen (secondary N) is 1. The summed E-state index contributed by atoms with van der Waals surface area (Å²) in [4.78, 5) is 30.2. The summed E-state index contributed by atoms with van der Waals surface area (Å²) in [6.45, 7) is 6.83. The number of rotatable bonds is 3. The summed E-state index contributed by atoms with van der Waals surface area (Å²) in [6.07, 6.45) is 2.30. The summed E-state index contributed by atoms with van der Waals surface area (Å²) in [5.41, 5.74) is 1.88. The highest BCUT2D eigenvalue weighted by Gasteiger charge is 2.28. The van der Waals surface area contributed by atoms with E-state index in [1.807, 2.05) is 17.0 Å². The van der Waals surface area contributed by atoms with Crippen LogP contribution < -0.4 is 15.0 Å². The van der Waals surface area contributed by atoms with Crippen molar-refractivity contribution in [2.45, 2.75) is 33.6 Å². The van der Waals surface area contributed by atoms with Gasteiger partial charge < -0.3 is 9.64 Å². The van der Waals surface area contributed by atoms with Crippen LogP contribution in [0.15, 0.2) is 29.8 Å². The number of amides is 2. The van der Waals surface area contributed by atoms with Gasteiger partial charge in [0, 0.05) is 30.2 Å². The van der Waals surface area contributed by atoms with Crippen molar-refractivity contribution in [2.75, 3.05) is 16.8 Å². The molecule has 0 saturated heterocycles. The average molecular weight is 359 g/mol. The van der Waals surface area contributed by atoms with Crippen LogP contribution in [0.25, 0.3) is 0 Å². The predicted molar refractivity (Wildman–Crippen MR) is 98.3 cm³/mol. The second-order valence-electron chi connectivity index (χ2n) is 7.18. The van der Waals surface area contributed by atoms with Gasteiger partial charge in [-0.1, -0.05) is 20.8 Å². The van der Waals surface area contributed by atoms with E-state index in [0.29, 0.717) is 23.8 Å². The monoisotopic (exact) mass is 359 g/mol. The van der Waals surface area contributed by atoms with Crippen molar-refractivity contribution in [2.24, 2.45) is 5.41 Å². The van der Waals surface area contributed by atoms with E-state index in [2.05, 4.69) is 31.1 Å². The van der Waals surface area contributed by atoms with Crippen LogP contribution in [0, 0.1) is 5.41 Å². The Bertz CT molecular complexity index is 781. The molecule has 6 nitrogen and oxygen atoms in total. The summed E-state index contributed by atoms with van der Waals surface area (Å²) in [6, 6.07) is 5.37. The number of carbonyl (C=O) groups is 2. The van der Waals surface area contributed by atoms with E-state index in [1.54, 1.807) is 17.6 Å². The standard InChI is InChI=1S/C18H21N3O3S/c1-18(2,3)11-15(22)21-8-6-12-10-13(4-5-14(12)21)24-17(23)20-16-19-7-9-25-16/h4-5,7,9-10H,6,8,11H2,1-3H3,(H,19,20,23). The van der Waals surface area contributed by atoms with Gasteiger partial charge >= 0.3 is 6.09 Å². The maximum atomic E-state index is 12.5. The second-order valence-corrected chi connectivity index (χ2v) is 8.07. The van der Waals surface area contributed by atoms with Gasteiger partial charge in [0.2, 0.25) is 5.91 Å². The van der Waals surface area contributed by atoms with Crippen LogP contribution in [0.5, 0.6) is 5.75 Å². The lowest BCUT2D eigenvalue weighted by Crippen LogP contribution is -2.31. The minimum Gasteiger partial charge on any atom is -0.410 e. The average Bonchev–Trinajstić information content (AvgIpc) is 3.14. The zero-order chi connectivity index (χ0) is 18.0. The van der Waals surface area contributed by atoms with Crippen molar-refractivity contribution in [1.82, 2.24) is 4.98 Å². The fourth-order valence-electron chi connectivity index (χ4n) is 2.75. The minimum absolute atomic E-state index is 0.0448. The van der Waals surface area contributed by atoms with Gasteiger partial charge in [0.25, 0.3) is 0 Å². The summed E-state index contributed by atoms with van der Waals surface area (Å²) in [7, 11) is 0. The largest absolute Gasteiger partial charge is 0.418 e. The van der Waals surface area contributed by atoms with Crippen LogP contribution in [0.2, 0.25) is 0 Å². The molecular weight excluding hydrogens is 338 g/mol. The van der Waals surface area contributed by atoms with Crippen molar-refractivity contribution in [3.63, 3.8) is 0 Å². The van der Waals surface area contributed by atoms with Crippen LogP contribution in [-0.4, -0.2) is 23.5 Å². The van der Waals surface area contributed by atoms with E-state index in [4.69, 9.17) is 4.74 Å². The molecule has 0 atom stereocenters. The fourth-order valence-corrected chi connectivity index (χ4v) is 3.27. The van der Waals surface area contributed by atoms with Crippen LogP contribution >= 0.6 is 11.3 Å². The smallest absolute Gasteiger partial charge is 0.410 e. The number of hydrogen-bond donors (Lipinski definition) is 1. The first-order valence-electron chi connectivity index (χ1n) is 8.13. The summed E-state index contributed by atoms with van der Waals surface area (Å²) >= 11 is 1.32. The Morgan fingerprint density at radius 2 is 2.16 bits per heavy atom. The molecule has 2 heterocycles. The molecule has 2 aromatic rings. The molecule has 1 aliphatic rings. The number of nitrogens with zero attached hydrogens (tertiary/aromatic N) is 2. The van der Waals surface area contributed by atoms with E-state index < -0.39 is 6.09 Å². The number of carbonyl (C=O) groups excluding carboxylic acids is 2. The fraction of sp³-hybridized carbons (Fsp3) is 0.389. The second kappa shape index (κ2) is 6.84. The maximum absolute atomic E-state index is 12.5. The molecule has 1 aromatic heterocycles. The molecule has 1 N–H and O–H groups in total. The zero-order valence-electron chi connectivity index (χ0n) is 14.5. The molecule has 1 aliphatic heterocycles. The summed E-state index contributed by atoms with van der Waals surface area (Å²) in [5.74, 6) is 0.583. The lowest BCUT2D eigenvalue weighted by atomic mass is 9.91. The van der Waals surface area contributed by atoms with Crippen molar-refractivity contribution < 1.29 is 14.3 Å². The van der Waals surface area contributed by atoms with Crippen molar-refractivity contribution >= 4 is 34.2 Å². The third-order valence-electron chi connectivity index (χ3n) is 3.78. The zero-order valence-corrected chi connectivity index (χ0v) is 15.4. The van der Waals surface area contributed by atoms with E-state index in [-0.39, 0.29) is 11.3 Å². The molecular formula is C18H21N3O3S. The molecule has 0 spiro atoms. The molecule has 1 aromatic carbocycles. The van der Waals surface area contributed by atoms with Crippen LogP contribution in [0.1, 0.15) is 32.8 Å². The number of hydrogen-bond acceptors (Lipinski definition) is 5. The van der Waals surface area contributed by atoms with Gasteiger partial charge in [0.1, 0.15) is 5.75 Å². The van der Waals surface area contributed by atoms with Crippen LogP contribution in [0.3, 0.4) is 0 Å². The molecule has 25 heavy (non-hydrogen) atoms. The van der Waals surface area contributed by atoms with Gasteiger partial charge in [-0.15, -0.1) is 11.3 Å². The molecule has 0 radical (unpaired) electrons. The van der Waals surface area contributed by atoms with Crippen molar-refractivity contribution in [1.29, 1.82) is 0 Å². The first kappa shape index (κ1) is 17.4. The lowest BCUT2D eigenvalue weighted by molar-refractivity contribution is -0.120. The number of aromatic nitrogens is 1. The number of anilines is 2. The molecule has 2 amide bonds. The Balaban J connectivity index is 1.67. The van der Waals surface area contributed by atoms with Gasteiger partial charge in [0.05, 0.1) is 0 Å². The highest BCUT2D eigenvalue weighted by Crippen LogP contribution is 2.33. The van der Waals surface area contributed by atoms with Gasteiger partial charge in [-0.2, -0.15) is 0 Å². The quantitative estimate of drug-likeness (QED) is 0.896. The molecule has 0 aliphatic carbocycles. The lowest BCUT2D eigenvalue weighted by Gasteiger charge is -2.23. The Morgan fingerprint density at radius 1 is 1.36 bits per heavy atom. The molecule has 132 valence electrons. The number of benzene rings is 1. The third-order valence-corrected chi connectivity index (χ3v) is 4.47. The predicted octanol–water partition coefficient (Wildman–Crippen LogP) is 4.08. The molecule has 7 heteroatoms. The normalized spacial score (nSPS) is 13.5. The summed E-state index contributed by atoms with van der Waals surface area (Å²) < 4.78 is 5.30. The highest BCUT2D eigenvalue weighted by atomic mass is 32.1. The highest BCUT2D eigenvalue weighted by molar-refractivity contribution is 7.13. The van der Waals surface area contributed by atoms with Gasteiger partial charge in [-0.3, -0.25) is 10.1 Å². The van der Waals surface area contributed by atoms with E-state index in [0.717, 1.165) is 17.7 Å². The van der Waals surface area contributed by atoms with Gasteiger partial charge in [0.15, 0.2) is 5.13 Å².